The number of carbonyl (C=O) groups excluding carboxylic acids is 3. The monoisotopic (exact) mass is 452 g/mol. The minimum atomic E-state index is -1.43. The zero-order chi connectivity index (χ0) is 20.9. The van der Waals surface area contributed by atoms with Crippen LogP contribution in [0, 0.1) is 11.3 Å². The van der Waals surface area contributed by atoms with Gasteiger partial charge in [0.05, 0.1) is 7.11 Å². The van der Waals surface area contributed by atoms with Gasteiger partial charge in [-0.3, -0.25) is 14.4 Å². The highest BCUT2D eigenvalue weighted by atomic mass is 79.9. The van der Waals surface area contributed by atoms with Crippen LogP contribution in [0.25, 0.3) is 0 Å². The Kier molecular flexibility index (Phi) is 4.82. The molecule has 5 heteroatoms. The molecule has 29 heavy (non-hydrogen) atoms. The van der Waals surface area contributed by atoms with Crippen molar-refractivity contribution in [1.82, 2.24) is 0 Å². The molecule has 2 aromatic carbocycles. The summed E-state index contributed by atoms with van der Waals surface area (Å²) in [6, 6.07) is 12.0. The Labute approximate surface area is 178 Å². The molecule has 0 heterocycles. The van der Waals surface area contributed by atoms with E-state index in [1.54, 1.807) is 42.5 Å². The van der Waals surface area contributed by atoms with Crippen molar-refractivity contribution in [3.8, 4) is 5.75 Å². The van der Waals surface area contributed by atoms with E-state index in [1.165, 1.54) is 7.11 Å². The number of carbonyl (C=O) groups is 3. The molecule has 2 unspecified atom stereocenters. The van der Waals surface area contributed by atoms with Gasteiger partial charge in [-0.1, -0.05) is 51.3 Å². The Morgan fingerprint density at radius 1 is 1.07 bits per heavy atom. The Hall–Kier alpha value is -2.53. The zero-order valence-electron chi connectivity index (χ0n) is 16.5. The number of allylic oxidation sites excluding steroid dienone is 2. The Bertz CT molecular complexity index is 1100. The highest BCUT2D eigenvalue weighted by Gasteiger charge is 2.59. The summed E-state index contributed by atoms with van der Waals surface area (Å²) in [7, 11) is 1.53. The number of Topliss-reactive ketones (excluding diaryl/α,β-unsaturated/α-hetero) is 3. The van der Waals surface area contributed by atoms with Crippen LogP contribution in [0.3, 0.4) is 0 Å². The SMILES string of the molecule is COc1ccc(Br)c(C(=O)C23CC(C)=C(C)CC2C(=O)c2ccccc2C3=O)c1. The van der Waals surface area contributed by atoms with Crippen molar-refractivity contribution < 1.29 is 19.1 Å². The van der Waals surface area contributed by atoms with Gasteiger partial charge in [-0.15, -0.1) is 0 Å². The number of hydrogen-bond donors (Lipinski definition) is 0. The summed E-state index contributed by atoms with van der Waals surface area (Å²) in [4.78, 5) is 41.2. The summed E-state index contributed by atoms with van der Waals surface area (Å²) in [5, 5.41) is 0. The number of ketones is 3. The predicted octanol–water partition coefficient (Wildman–Crippen LogP) is 5.45. The van der Waals surface area contributed by atoms with E-state index in [0.29, 0.717) is 33.3 Å². The van der Waals surface area contributed by atoms with Gasteiger partial charge in [0.15, 0.2) is 17.3 Å². The summed E-state index contributed by atoms with van der Waals surface area (Å²) in [6.45, 7) is 3.92. The standard InChI is InChI=1S/C24H21BrO4/c1-13-10-19-21(26)16-6-4-5-7-17(16)22(27)24(19,12-14(13)2)23(28)18-11-15(29-3)8-9-20(18)25/h4-9,11,19H,10,12H2,1-3H3. The second-order valence-corrected chi connectivity index (χ2v) is 8.73. The summed E-state index contributed by atoms with van der Waals surface area (Å²) >= 11 is 3.45. The third-order valence-corrected chi connectivity index (χ3v) is 7.05. The number of halogens is 1. The molecule has 4 rings (SSSR count). The van der Waals surface area contributed by atoms with E-state index in [0.717, 1.165) is 11.1 Å². The molecule has 2 atom stereocenters. The molecule has 0 saturated heterocycles. The molecule has 0 aliphatic heterocycles. The first kappa shape index (κ1) is 19.8. The first-order valence-electron chi connectivity index (χ1n) is 9.53. The van der Waals surface area contributed by atoms with E-state index in [1.807, 2.05) is 13.8 Å². The van der Waals surface area contributed by atoms with Crippen LogP contribution in [0.1, 0.15) is 57.8 Å². The molecule has 0 amide bonds. The van der Waals surface area contributed by atoms with Crippen molar-refractivity contribution in [2.45, 2.75) is 26.7 Å². The molecule has 0 saturated carbocycles. The fourth-order valence-corrected chi connectivity index (χ4v) is 5.04. The molecular weight excluding hydrogens is 432 g/mol. The third kappa shape index (κ3) is 2.83. The average molecular weight is 453 g/mol. The van der Waals surface area contributed by atoms with Gasteiger partial charge in [-0.05, 0) is 44.9 Å². The molecule has 0 aromatic heterocycles. The van der Waals surface area contributed by atoms with E-state index in [9.17, 15) is 14.4 Å². The van der Waals surface area contributed by atoms with Crippen LogP contribution >= 0.6 is 15.9 Å². The second kappa shape index (κ2) is 7.06. The van der Waals surface area contributed by atoms with Crippen molar-refractivity contribution in [1.29, 1.82) is 0 Å². The predicted molar refractivity (Wildman–Crippen MR) is 114 cm³/mol. The van der Waals surface area contributed by atoms with Crippen LogP contribution in [-0.4, -0.2) is 24.5 Å². The highest BCUT2D eigenvalue weighted by Crippen LogP contribution is 2.52. The van der Waals surface area contributed by atoms with Gasteiger partial charge in [-0.25, -0.2) is 0 Å². The molecule has 0 radical (unpaired) electrons. The normalized spacial score (nSPS) is 23.5. The number of hydrogen-bond acceptors (Lipinski definition) is 4. The number of fused-ring (bicyclic) bond motifs is 2. The van der Waals surface area contributed by atoms with Crippen LogP contribution in [0.4, 0.5) is 0 Å². The summed E-state index contributed by atoms with van der Waals surface area (Å²) in [6.07, 6.45) is 0.670. The number of methoxy groups -OCH3 is 1. The van der Waals surface area contributed by atoms with Gasteiger partial charge in [0.2, 0.25) is 0 Å². The van der Waals surface area contributed by atoms with Crippen LogP contribution < -0.4 is 4.74 Å². The molecule has 0 bridgehead atoms. The Balaban J connectivity index is 1.98. The van der Waals surface area contributed by atoms with E-state index in [4.69, 9.17) is 4.74 Å². The summed E-state index contributed by atoms with van der Waals surface area (Å²) in [5.41, 5.74) is 1.76. The number of rotatable bonds is 3. The van der Waals surface area contributed by atoms with Gasteiger partial charge in [0.1, 0.15) is 11.2 Å². The lowest BCUT2D eigenvalue weighted by Gasteiger charge is -2.45. The molecule has 2 aromatic rings. The second-order valence-electron chi connectivity index (χ2n) is 7.88. The molecule has 4 nitrogen and oxygen atoms in total. The van der Waals surface area contributed by atoms with E-state index < -0.39 is 11.3 Å². The van der Waals surface area contributed by atoms with Crippen molar-refractivity contribution in [3.05, 3.63) is 74.8 Å². The van der Waals surface area contributed by atoms with Gasteiger partial charge in [0.25, 0.3) is 0 Å². The average Bonchev–Trinajstić information content (AvgIpc) is 2.73. The molecule has 148 valence electrons. The molecule has 2 aliphatic carbocycles. The number of benzene rings is 2. The first-order valence-corrected chi connectivity index (χ1v) is 10.3. The third-order valence-electron chi connectivity index (χ3n) is 6.36. The quantitative estimate of drug-likeness (QED) is 0.352. The van der Waals surface area contributed by atoms with E-state index in [-0.39, 0.29) is 23.8 Å². The lowest BCUT2D eigenvalue weighted by molar-refractivity contribution is 0.0451. The van der Waals surface area contributed by atoms with Gasteiger partial charge in [-0.2, -0.15) is 0 Å². The smallest absolute Gasteiger partial charge is 0.179 e. The largest absolute Gasteiger partial charge is 0.497 e. The molecular formula is C24H21BrO4. The summed E-state index contributed by atoms with van der Waals surface area (Å²) < 4.78 is 5.87. The number of ether oxygens (including phenoxy) is 1. The van der Waals surface area contributed by atoms with E-state index in [2.05, 4.69) is 15.9 Å². The first-order chi connectivity index (χ1) is 13.8. The fourth-order valence-electron chi connectivity index (χ4n) is 4.61. The fraction of sp³-hybridized carbons (Fsp3) is 0.292. The maximum Gasteiger partial charge on any atom is 0.179 e. The van der Waals surface area contributed by atoms with Gasteiger partial charge in [0, 0.05) is 27.1 Å². The Morgan fingerprint density at radius 2 is 1.76 bits per heavy atom. The minimum absolute atomic E-state index is 0.126. The van der Waals surface area contributed by atoms with Crippen molar-refractivity contribution >= 4 is 33.3 Å². The van der Waals surface area contributed by atoms with Gasteiger partial charge >= 0.3 is 0 Å². The van der Waals surface area contributed by atoms with Crippen LogP contribution in [0.2, 0.25) is 0 Å². The summed E-state index contributed by atoms with van der Waals surface area (Å²) in [5.74, 6) is -0.880. The highest BCUT2D eigenvalue weighted by molar-refractivity contribution is 9.10. The van der Waals surface area contributed by atoms with Crippen molar-refractivity contribution in [3.63, 3.8) is 0 Å². The minimum Gasteiger partial charge on any atom is -0.497 e. The zero-order valence-corrected chi connectivity index (χ0v) is 18.1. The maximum atomic E-state index is 14.0. The van der Waals surface area contributed by atoms with E-state index >= 15 is 0 Å². The topological polar surface area (TPSA) is 60.4 Å². The molecule has 2 aliphatic rings. The molecule has 0 spiro atoms. The molecule has 0 fully saturated rings. The van der Waals surface area contributed by atoms with Crippen LogP contribution in [0.5, 0.6) is 5.75 Å². The van der Waals surface area contributed by atoms with Crippen LogP contribution in [-0.2, 0) is 0 Å². The van der Waals surface area contributed by atoms with Crippen LogP contribution in [0.15, 0.2) is 58.1 Å². The van der Waals surface area contributed by atoms with Crippen molar-refractivity contribution in [2.24, 2.45) is 11.3 Å². The lowest BCUT2D eigenvalue weighted by atomic mass is 9.53. The Morgan fingerprint density at radius 3 is 2.45 bits per heavy atom. The van der Waals surface area contributed by atoms with Crippen molar-refractivity contribution in [2.75, 3.05) is 7.11 Å². The maximum absolute atomic E-state index is 14.0. The molecule has 0 N–H and O–H groups in total. The lowest BCUT2D eigenvalue weighted by Crippen LogP contribution is -2.54. The van der Waals surface area contributed by atoms with Gasteiger partial charge < -0.3 is 4.74 Å².